The predicted octanol–water partition coefficient (Wildman–Crippen LogP) is 3.54. The van der Waals surface area contributed by atoms with E-state index in [1.54, 1.807) is 35.6 Å². The van der Waals surface area contributed by atoms with Gasteiger partial charge >= 0.3 is 18.2 Å². The summed E-state index contributed by atoms with van der Waals surface area (Å²) >= 11 is 0. The topological polar surface area (TPSA) is 64.6 Å². The molecule has 0 aromatic heterocycles. The van der Waals surface area contributed by atoms with Crippen LogP contribution >= 0.6 is 0 Å². The minimum absolute atomic E-state index is 0.253. The van der Waals surface area contributed by atoms with Gasteiger partial charge in [-0.2, -0.15) is 13.2 Å². The summed E-state index contributed by atoms with van der Waals surface area (Å²) in [4.78, 5) is 24.1. The smallest absolute Gasteiger partial charge is 0.426 e. The van der Waals surface area contributed by atoms with Crippen LogP contribution in [0.1, 0.15) is 11.1 Å². The van der Waals surface area contributed by atoms with E-state index < -0.39 is 29.3 Å². The van der Waals surface area contributed by atoms with Crippen LogP contribution in [0.25, 0.3) is 0 Å². The van der Waals surface area contributed by atoms with Gasteiger partial charge < -0.3 is 9.47 Å². The van der Waals surface area contributed by atoms with E-state index in [2.05, 4.69) is 4.74 Å². The van der Waals surface area contributed by atoms with Crippen molar-refractivity contribution in [3.8, 4) is 0 Å². The summed E-state index contributed by atoms with van der Waals surface area (Å²) in [7, 11) is 0.808. The van der Waals surface area contributed by atoms with E-state index in [1.807, 2.05) is 0 Å². The Morgan fingerprint density at radius 3 is 2.00 bits per heavy atom. The summed E-state index contributed by atoms with van der Waals surface area (Å²) in [5.41, 5.74) is -3.29. The summed E-state index contributed by atoms with van der Waals surface area (Å²) in [6, 6.07) is 14.7. The number of hydrogen-bond donors (Lipinski definition) is 1. The summed E-state index contributed by atoms with van der Waals surface area (Å²) in [6.07, 6.45) is -6.56. The third-order valence-corrected chi connectivity index (χ3v) is 3.63. The Hall–Kier alpha value is -3.03. The number of amides is 1. The maximum Gasteiger partial charge on any atom is 0.426 e. The molecule has 1 unspecified atom stereocenters. The molecule has 2 aromatic carbocycles. The van der Waals surface area contributed by atoms with E-state index in [4.69, 9.17) is 4.74 Å². The van der Waals surface area contributed by atoms with Crippen LogP contribution in [0.15, 0.2) is 60.7 Å². The van der Waals surface area contributed by atoms with Crippen molar-refractivity contribution in [3.05, 3.63) is 71.8 Å². The molecule has 0 heterocycles. The normalized spacial score (nSPS) is 13.4. The number of carbonyl (C=O) groups is 2. The summed E-state index contributed by atoms with van der Waals surface area (Å²) in [5, 5.41) is 1.65. The first kappa shape index (κ1) is 19.3. The molecule has 1 N–H and O–H groups in total. The van der Waals surface area contributed by atoms with Gasteiger partial charge in [0.25, 0.3) is 5.54 Å². The standard InChI is InChI=1S/C18H16F3NO4/c1-25-15(23)17(18(19,20)21,14-10-6-3-7-11-14)22-16(24)26-12-13-8-4-2-5-9-13/h2-11H,12H2,1H3,(H,22,24). The second kappa shape index (κ2) is 7.90. The Morgan fingerprint density at radius 2 is 1.50 bits per heavy atom. The minimum atomic E-state index is -5.16. The molecule has 1 amide bonds. The number of esters is 1. The molecule has 0 radical (unpaired) electrons. The predicted molar refractivity (Wildman–Crippen MR) is 86.0 cm³/mol. The maximum atomic E-state index is 13.9. The van der Waals surface area contributed by atoms with Gasteiger partial charge in [-0.15, -0.1) is 0 Å². The van der Waals surface area contributed by atoms with Crippen molar-refractivity contribution in [3.63, 3.8) is 0 Å². The van der Waals surface area contributed by atoms with Crippen LogP contribution in [0.5, 0.6) is 0 Å². The Labute approximate surface area is 147 Å². The van der Waals surface area contributed by atoms with E-state index in [0.29, 0.717) is 5.56 Å². The molecule has 0 spiro atoms. The fraction of sp³-hybridized carbons (Fsp3) is 0.222. The van der Waals surface area contributed by atoms with Gasteiger partial charge in [-0.3, -0.25) is 5.32 Å². The summed E-state index contributed by atoms with van der Waals surface area (Å²) < 4.78 is 50.7. The first-order valence-electron chi connectivity index (χ1n) is 7.51. The number of halogens is 3. The first-order chi connectivity index (χ1) is 12.3. The molecule has 0 bridgehead atoms. The average Bonchev–Trinajstić information content (AvgIpc) is 2.64. The minimum Gasteiger partial charge on any atom is -0.467 e. The molecule has 0 saturated carbocycles. The van der Waals surface area contributed by atoms with E-state index in [9.17, 15) is 22.8 Å². The molecule has 5 nitrogen and oxygen atoms in total. The molecule has 26 heavy (non-hydrogen) atoms. The molecule has 0 fully saturated rings. The quantitative estimate of drug-likeness (QED) is 0.821. The van der Waals surface area contributed by atoms with Crippen LogP contribution in [-0.2, 0) is 26.4 Å². The molecule has 0 aliphatic rings. The zero-order valence-corrected chi connectivity index (χ0v) is 13.7. The molecular weight excluding hydrogens is 351 g/mol. The molecule has 2 rings (SSSR count). The van der Waals surface area contributed by atoms with Crippen LogP contribution in [0.3, 0.4) is 0 Å². The number of nitrogens with one attached hydrogen (secondary N) is 1. The SMILES string of the molecule is COC(=O)C(NC(=O)OCc1ccccc1)(c1ccccc1)C(F)(F)F. The fourth-order valence-corrected chi connectivity index (χ4v) is 2.34. The van der Waals surface area contributed by atoms with E-state index >= 15 is 0 Å². The number of alkyl halides is 3. The Balaban J connectivity index is 2.32. The first-order valence-corrected chi connectivity index (χ1v) is 7.51. The molecule has 0 aliphatic heterocycles. The van der Waals surface area contributed by atoms with Gasteiger partial charge in [0.1, 0.15) is 6.61 Å². The summed E-state index contributed by atoms with van der Waals surface area (Å²) in [5.74, 6) is -1.67. The third kappa shape index (κ3) is 3.96. The number of alkyl carbamates (subject to hydrolysis) is 1. The zero-order valence-electron chi connectivity index (χ0n) is 13.7. The van der Waals surface area contributed by atoms with Gasteiger partial charge in [0, 0.05) is 0 Å². The van der Waals surface area contributed by atoms with Gasteiger partial charge in [-0.25, -0.2) is 9.59 Å². The van der Waals surface area contributed by atoms with Crippen molar-refractivity contribution in [2.24, 2.45) is 0 Å². The highest BCUT2D eigenvalue weighted by molar-refractivity contribution is 5.88. The summed E-state index contributed by atoms with van der Waals surface area (Å²) in [6.45, 7) is -0.253. The highest BCUT2D eigenvalue weighted by Crippen LogP contribution is 2.40. The number of benzene rings is 2. The van der Waals surface area contributed by atoms with Gasteiger partial charge in [0.05, 0.1) is 7.11 Å². The van der Waals surface area contributed by atoms with Gasteiger partial charge in [-0.1, -0.05) is 60.7 Å². The number of hydrogen-bond acceptors (Lipinski definition) is 4. The molecule has 0 aliphatic carbocycles. The lowest BCUT2D eigenvalue weighted by Crippen LogP contribution is -2.61. The van der Waals surface area contributed by atoms with Crippen LogP contribution in [0, 0.1) is 0 Å². The molecule has 0 saturated heterocycles. The average molecular weight is 367 g/mol. The number of ether oxygens (including phenoxy) is 2. The van der Waals surface area contributed by atoms with Crippen LogP contribution in [-0.4, -0.2) is 25.3 Å². The Morgan fingerprint density at radius 1 is 0.962 bits per heavy atom. The van der Waals surface area contributed by atoms with Crippen LogP contribution in [0.2, 0.25) is 0 Å². The zero-order chi connectivity index (χ0) is 19.2. The molecular formula is C18H16F3NO4. The molecule has 1 atom stereocenters. The lowest BCUT2D eigenvalue weighted by molar-refractivity contribution is -0.213. The highest BCUT2D eigenvalue weighted by Gasteiger charge is 2.64. The lowest BCUT2D eigenvalue weighted by Gasteiger charge is -2.33. The maximum absolute atomic E-state index is 13.9. The number of carbonyl (C=O) groups excluding carboxylic acids is 2. The highest BCUT2D eigenvalue weighted by atomic mass is 19.4. The lowest BCUT2D eigenvalue weighted by atomic mass is 9.89. The van der Waals surface area contributed by atoms with Crippen molar-refractivity contribution in [2.45, 2.75) is 18.3 Å². The van der Waals surface area contributed by atoms with Crippen molar-refractivity contribution < 1.29 is 32.2 Å². The molecule has 2 aromatic rings. The van der Waals surface area contributed by atoms with Gasteiger partial charge in [-0.05, 0) is 11.1 Å². The van der Waals surface area contributed by atoms with Crippen molar-refractivity contribution >= 4 is 12.1 Å². The monoisotopic (exact) mass is 367 g/mol. The number of methoxy groups -OCH3 is 1. The largest absolute Gasteiger partial charge is 0.467 e. The van der Waals surface area contributed by atoms with Gasteiger partial charge in [0.15, 0.2) is 0 Å². The van der Waals surface area contributed by atoms with Gasteiger partial charge in [0.2, 0.25) is 0 Å². The second-order valence-corrected chi connectivity index (χ2v) is 5.29. The van der Waals surface area contributed by atoms with E-state index in [0.717, 1.165) is 19.2 Å². The van der Waals surface area contributed by atoms with Crippen molar-refractivity contribution in [1.29, 1.82) is 0 Å². The second-order valence-electron chi connectivity index (χ2n) is 5.29. The Kier molecular flexibility index (Phi) is 5.86. The third-order valence-electron chi connectivity index (χ3n) is 3.63. The van der Waals surface area contributed by atoms with Crippen molar-refractivity contribution in [2.75, 3.05) is 7.11 Å². The fourth-order valence-electron chi connectivity index (χ4n) is 2.34. The Bertz CT molecular complexity index is 750. The van der Waals surface area contributed by atoms with Crippen molar-refractivity contribution in [1.82, 2.24) is 5.32 Å². The number of rotatable bonds is 5. The molecule has 8 heteroatoms. The van der Waals surface area contributed by atoms with E-state index in [1.165, 1.54) is 18.2 Å². The van der Waals surface area contributed by atoms with Crippen LogP contribution < -0.4 is 5.32 Å². The molecule has 138 valence electrons. The van der Waals surface area contributed by atoms with Crippen LogP contribution in [0.4, 0.5) is 18.0 Å². The van der Waals surface area contributed by atoms with E-state index in [-0.39, 0.29) is 6.61 Å².